The van der Waals surface area contributed by atoms with Gasteiger partial charge < -0.3 is 5.11 Å². The van der Waals surface area contributed by atoms with Crippen molar-refractivity contribution in [3.63, 3.8) is 0 Å². The Kier molecular flexibility index (Phi) is 5.60. The van der Waals surface area contributed by atoms with Crippen molar-refractivity contribution in [2.24, 2.45) is 0 Å². The molecule has 26 heavy (non-hydrogen) atoms. The van der Waals surface area contributed by atoms with Crippen LogP contribution in [0.25, 0.3) is 10.8 Å². The predicted molar refractivity (Wildman–Crippen MR) is 107 cm³/mol. The second-order valence-electron chi connectivity index (χ2n) is 7.02. The fraction of sp³-hybridized carbons (Fsp3) is 0.381. The first kappa shape index (κ1) is 17.6. The Morgan fingerprint density at radius 2 is 2.12 bits per heavy atom. The second kappa shape index (κ2) is 8.27. The predicted octanol–water partition coefficient (Wildman–Crippen LogP) is 3.37. The van der Waals surface area contributed by atoms with E-state index in [1.807, 2.05) is 12.4 Å². The minimum Gasteiger partial charge on any atom is -0.396 e. The van der Waals surface area contributed by atoms with E-state index in [4.69, 9.17) is 0 Å². The van der Waals surface area contributed by atoms with Gasteiger partial charge in [0.05, 0.1) is 0 Å². The molecule has 1 saturated heterocycles. The van der Waals surface area contributed by atoms with Crippen LogP contribution >= 0.6 is 11.3 Å². The molecule has 0 spiro atoms. The summed E-state index contributed by atoms with van der Waals surface area (Å²) in [7, 11) is 0. The van der Waals surface area contributed by atoms with Crippen molar-refractivity contribution in [2.75, 3.05) is 26.2 Å². The maximum absolute atomic E-state index is 9.53. The van der Waals surface area contributed by atoms with Crippen molar-refractivity contribution in [1.29, 1.82) is 0 Å². The van der Waals surface area contributed by atoms with E-state index >= 15 is 0 Å². The van der Waals surface area contributed by atoms with Crippen LogP contribution in [-0.2, 0) is 13.1 Å². The van der Waals surface area contributed by atoms with E-state index in [1.54, 1.807) is 11.3 Å². The first-order valence-corrected chi connectivity index (χ1v) is 10.2. The Hall–Kier alpha value is -1.79. The smallest absolute Gasteiger partial charge is 0.0446 e. The van der Waals surface area contributed by atoms with Crippen molar-refractivity contribution < 1.29 is 5.11 Å². The Balaban J connectivity index is 1.46. The van der Waals surface area contributed by atoms with Gasteiger partial charge in [-0.15, -0.1) is 0 Å². The molecule has 1 aromatic carbocycles. The Labute approximate surface area is 158 Å². The standard InChI is InChI=1S/C21H25N3OS/c25-10-5-20-15-23(8-9-24(20)13-17-6-11-26-16-17)14-19-3-1-2-18-12-22-7-4-21(18)19/h1-4,6-7,11-12,16,20,25H,5,8-10,13-15H2/t20-/m0/s1. The van der Waals surface area contributed by atoms with Crippen molar-refractivity contribution in [3.05, 3.63) is 64.6 Å². The molecule has 5 heteroatoms. The maximum atomic E-state index is 9.53. The SMILES string of the molecule is OCC[C@H]1CN(Cc2cccc3cnccc23)CCN1Cc1ccsc1. The summed E-state index contributed by atoms with van der Waals surface area (Å²) < 4.78 is 0. The van der Waals surface area contributed by atoms with Crippen LogP contribution in [0.15, 0.2) is 53.5 Å². The normalized spacial score (nSPS) is 19.2. The summed E-state index contributed by atoms with van der Waals surface area (Å²) in [5.74, 6) is 0. The molecule has 4 nitrogen and oxygen atoms in total. The van der Waals surface area contributed by atoms with E-state index in [0.29, 0.717) is 6.04 Å². The number of piperazine rings is 1. The monoisotopic (exact) mass is 367 g/mol. The van der Waals surface area contributed by atoms with Crippen LogP contribution in [0.1, 0.15) is 17.5 Å². The lowest BCUT2D eigenvalue weighted by molar-refractivity contribution is 0.0502. The van der Waals surface area contributed by atoms with Crippen LogP contribution in [0.5, 0.6) is 0 Å². The van der Waals surface area contributed by atoms with Crippen LogP contribution in [0.3, 0.4) is 0 Å². The quantitative estimate of drug-likeness (QED) is 0.725. The average Bonchev–Trinajstić information content (AvgIpc) is 3.18. The molecule has 0 saturated carbocycles. The molecule has 1 N–H and O–H groups in total. The molecule has 1 aliphatic rings. The molecule has 1 atom stereocenters. The third kappa shape index (κ3) is 3.96. The number of aliphatic hydroxyl groups excluding tert-OH is 1. The van der Waals surface area contributed by atoms with E-state index in [1.165, 1.54) is 21.9 Å². The van der Waals surface area contributed by atoms with E-state index in [0.717, 1.165) is 39.1 Å². The average molecular weight is 368 g/mol. The number of nitrogens with zero attached hydrogens (tertiary/aromatic N) is 3. The van der Waals surface area contributed by atoms with Crippen LogP contribution in [0, 0.1) is 0 Å². The number of benzene rings is 1. The highest BCUT2D eigenvalue weighted by Crippen LogP contribution is 2.23. The van der Waals surface area contributed by atoms with Gasteiger partial charge in [-0.05, 0) is 45.8 Å². The minimum atomic E-state index is 0.249. The molecule has 0 unspecified atom stereocenters. The van der Waals surface area contributed by atoms with Crippen molar-refractivity contribution in [3.8, 4) is 0 Å². The van der Waals surface area contributed by atoms with Gasteiger partial charge >= 0.3 is 0 Å². The lowest BCUT2D eigenvalue weighted by atomic mass is 10.0. The number of fused-ring (bicyclic) bond motifs is 1. The van der Waals surface area contributed by atoms with Crippen molar-refractivity contribution in [2.45, 2.75) is 25.6 Å². The van der Waals surface area contributed by atoms with E-state index in [-0.39, 0.29) is 6.61 Å². The van der Waals surface area contributed by atoms with Crippen LogP contribution in [0.4, 0.5) is 0 Å². The molecule has 1 fully saturated rings. The molecule has 4 rings (SSSR count). The first-order valence-electron chi connectivity index (χ1n) is 9.23. The number of aromatic nitrogens is 1. The molecule has 0 aliphatic carbocycles. The molecule has 3 heterocycles. The number of hydrogen-bond acceptors (Lipinski definition) is 5. The molecular weight excluding hydrogens is 342 g/mol. The zero-order valence-electron chi connectivity index (χ0n) is 14.9. The molecule has 3 aromatic rings. The maximum Gasteiger partial charge on any atom is 0.0446 e. The number of aliphatic hydroxyl groups is 1. The zero-order valence-corrected chi connectivity index (χ0v) is 15.7. The number of pyridine rings is 1. The molecule has 2 aromatic heterocycles. The highest BCUT2D eigenvalue weighted by Gasteiger charge is 2.26. The molecule has 0 radical (unpaired) electrons. The third-order valence-corrected chi connectivity index (χ3v) is 6.01. The van der Waals surface area contributed by atoms with Gasteiger partial charge in [0, 0.05) is 63.2 Å². The zero-order chi connectivity index (χ0) is 17.8. The molecule has 1 aliphatic heterocycles. The summed E-state index contributed by atoms with van der Waals surface area (Å²) in [6, 6.07) is 11.2. The van der Waals surface area contributed by atoms with Gasteiger partial charge in [-0.25, -0.2) is 0 Å². The summed E-state index contributed by atoms with van der Waals surface area (Å²) in [6.07, 6.45) is 4.64. The first-order chi connectivity index (χ1) is 12.8. The Morgan fingerprint density at radius 1 is 1.15 bits per heavy atom. The molecule has 136 valence electrons. The summed E-state index contributed by atoms with van der Waals surface area (Å²) in [5, 5.41) is 16.4. The second-order valence-corrected chi connectivity index (χ2v) is 7.80. The highest BCUT2D eigenvalue weighted by molar-refractivity contribution is 7.07. The lowest BCUT2D eigenvalue weighted by Gasteiger charge is -2.41. The van der Waals surface area contributed by atoms with Gasteiger partial charge in [-0.1, -0.05) is 18.2 Å². The summed E-state index contributed by atoms with van der Waals surface area (Å²) >= 11 is 1.75. The van der Waals surface area contributed by atoms with Gasteiger partial charge in [0.2, 0.25) is 0 Å². The van der Waals surface area contributed by atoms with Crippen molar-refractivity contribution >= 4 is 22.1 Å². The molecule has 0 bridgehead atoms. The van der Waals surface area contributed by atoms with Gasteiger partial charge in [-0.3, -0.25) is 14.8 Å². The Bertz CT molecular complexity index is 831. The lowest BCUT2D eigenvalue weighted by Crippen LogP contribution is -2.52. The minimum absolute atomic E-state index is 0.249. The topological polar surface area (TPSA) is 39.6 Å². The number of rotatable bonds is 6. The van der Waals surface area contributed by atoms with E-state index < -0.39 is 0 Å². The van der Waals surface area contributed by atoms with Gasteiger partial charge in [-0.2, -0.15) is 11.3 Å². The fourth-order valence-electron chi connectivity index (χ4n) is 3.92. The van der Waals surface area contributed by atoms with E-state index in [2.05, 4.69) is 55.9 Å². The van der Waals surface area contributed by atoms with Crippen LogP contribution < -0.4 is 0 Å². The Morgan fingerprint density at radius 3 is 2.96 bits per heavy atom. The van der Waals surface area contributed by atoms with E-state index in [9.17, 15) is 5.11 Å². The van der Waals surface area contributed by atoms with Gasteiger partial charge in [0.1, 0.15) is 0 Å². The summed E-state index contributed by atoms with van der Waals surface area (Å²) in [5.41, 5.74) is 2.74. The number of thiophene rings is 1. The summed E-state index contributed by atoms with van der Waals surface area (Å²) in [4.78, 5) is 9.29. The molecular formula is C21H25N3OS. The van der Waals surface area contributed by atoms with Crippen molar-refractivity contribution in [1.82, 2.24) is 14.8 Å². The fourth-order valence-corrected chi connectivity index (χ4v) is 4.58. The molecule has 0 amide bonds. The highest BCUT2D eigenvalue weighted by atomic mass is 32.1. The van der Waals surface area contributed by atoms with Gasteiger partial charge in [0.25, 0.3) is 0 Å². The summed E-state index contributed by atoms with van der Waals surface area (Å²) in [6.45, 7) is 5.31. The largest absolute Gasteiger partial charge is 0.396 e. The van der Waals surface area contributed by atoms with Crippen LogP contribution in [-0.4, -0.2) is 52.2 Å². The third-order valence-electron chi connectivity index (χ3n) is 5.28. The van der Waals surface area contributed by atoms with Crippen LogP contribution in [0.2, 0.25) is 0 Å². The van der Waals surface area contributed by atoms with Gasteiger partial charge in [0.15, 0.2) is 0 Å². The number of hydrogen-bond donors (Lipinski definition) is 1.